The predicted molar refractivity (Wildman–Crippen MR) is 57.9 cm³/mol. The van der Waals surface area contributed by atoms with E-state index in [9.17, 15) is 8.78 Å². The molecule has 1 aromatic heterocycles. The molecule has 0 unspecified atom stereocenters. The van der Waals surface area contributed by atoms with E-state index in [-0.39, 0.29) is 0 Å². The number of halogens is 3. The zero-order chi connectivity index (χ0) is 11.1. The highest BCUT2D eigenvalue weighted by Gasteiger charge is 2.01. The molecule has 0 radical (unpaired) electrons. The number of nitrogens with one attached hydrogen (secondary N) is 1. The van der Waals surface area contributed by atoms with Gasteiger partial charge in [0.15, 0.2) is 0 Å². The third-order valence-electron chi connectivity index (χ3n) is 1.60. The molecular weight excluding hydrogens is 244 g/mol. The van der Waals surface area contributed by atoms with Crippen LogP contribution < -0.4 is 5.32 Å². The minimum atomic E-state index is -2.39. The first-order valence-corrected chi connectivity index (χ1v) is 5.69. The Balaban J connectivity index is 1.98. The van der Waals surface area contributed by atoms with Crippen LogP contribution in [0.3, 0.4) is 0 Å². The van der Waals surface area contributed by atoms with E-state index in [1.165, 1.54) is 11.3 Å². The fraction of sp³-hybridized carbons (Fsp3) is 0.556. The van der Waals surface area contributed by atoms with E-state index in [4.69, 9.17) is 16.3 Å². The second kappa shape index (κ2) is 7.11. The fourth-order valence-corrected chi connectivity index (χ4v) is 2.03. The smallest absolute Gasteiger partial charge is 0.261 e. The van der Waals surface area contributed by atoms with Crippen molar-refractivity contribution in [2.75, 3.05) is 19.8 Å². The minimum Gasteiger partial charge on any atom is -0.374 e. The maximum atomic E-state index is 11.7. The molecule has 0 aliphatic carbocycles. The summed E-state index contributed by atoms with van der Waals surface area (Å²) in [6.45, 7) is 1.05. The van der Waals surface area contributed by atoms with Gasteiger partial charge in [0.2, 0.25) is 0 Å². The van der Waals surface area contributed by atoms with E-state index in [0.29, 0.717) is 19.7 Å². The number of alkyl halides is 2. The van der Waals surface area contributed by atoms with Crippen molar-refractivity contribution in [1.29, 1.82) is 0 Å². The average molecular weight is 256 g/mol. The molecule has 6 heteroatoms. The quantitative estimate of drug-likeness (QED) is 0.757. The van der Waals surface area contributed by atoms with Crippen molar-refractivity contribution in [2.24, 2.45) is 0 Å². The Kier molecular flexibility index (Phi) is 6.09. The van der Waals surface area contributed by atoms with E-state index in [2.05, 4.69) is 5.32 Å². The van der Waals surface area contributed by atoms with E-state index in [0.717, 1.165) is 9.21 Å². The van der Waals surface area contributed by atoms with Crippen LogP contribution in [0.4, 0.5) is 8.78 Å². The lowest BCUT2D eigenvalue weighted by molar-refractivity contribution is 0.0187. The van der Waals surface area contributed by atoms with Crippen LogP contribution in [0.5, 0.6) is 0 Å². The van der Waals surface area contributed by atoms with Crippen molar-refractivity contribution in [1.82, 2.24) is 5.32 Å². The third kappa shape index (κ3) is 6.04. The van der Waals surface area contributed by atoms with Crippen molar-refractivity contribution in [3.63, 3.8) is 0 Å². The van der Waals surface area contributed by atoms with Gasteiger partial charge in [0.1, 0.15) is 6.61 Å². The molecule has 0 bridgehead atoms. The van der Waals surface area contributed by atoms with Crippen LogP contribution in [0.25, 0.3) is 0 Å². The Morgan fingerprint density at radius 3 is 2.87 bits per heavy atom. The number of hydrogen-bond acceptors (Lipinski definition) is 3. The van der Waals surface area contributed by atoms with Crippen LogP contribution in [0, 0.1) is 0 Å². The van der Waals surface area contributed by atoms with Crippen molar-refractivity contribution in [3.05, 3.63) is 21.3 Å². The summed E-state index contributed by atoms with van der Waals surface area (Å²) in [5.74, 6) is 0. The lowest BCUT2D eigenvalue weighted by Crippen LogP contribution is -2.20. The second-order valence-electron chi connectivity index (χ2n) is 2.85. The summed E-state index contributed by atoms with van der Waals surface area (Å²) in [5, 5.41) is 3.07. The van der Waals surface area contributed by atoms with Crippen molar-refractivity contribution < 1.29 is 13.5 Å². The van der Waals surface area contributed by atoms with Gasteiger partial charge in [-0.15, -0.1) is 11.3 Å². The van der Waals surface area contributed by atoms with Gasteiger partial charge < -0.3 is 10.1 Å². The minimum absolute atomic E-state index is 0.295. The molecule has 0 atom stereocenters. The fourth-order valence-electron chi connectivity index (χ4n) is 0.975. The maximum absolute atomic E-state index is 11.7. The lowest BCUT2D eigenvalue weighted by atomic mass is 10.4. The predicted octanol–water partition coefficient (Wildman–Crippen LogP) is 2.77. The Hall–Kier alpha value is -0.230. The molecule has 0 aliphatic rings. The van der Waals surface area contributed by atoms with Gasteiger partial charge in [-0.1, -0.05) is 11.6 Å². The van der Waals surface area contributed by atoms with Crippen LogP contribution in [-0.2, 0) is 11.3 Å². The van der Waals surface area contributed by atoms with Gasteiger partial charge >= 0.3 is 0 Å². The van der Waals surface area contributed by atoms with E-state index in [1.807, 2.05) is 12.1 Å². The van der Waals surface area contributed by atoms with E-state index >= 15 is 0 Å². The third-order valence-corrected chi connectivity index (χ3v) is 2.83. The summed E-state index contributed by atoms with van der Waals surface area (Å²) in [7, 11) is 0. The zero-order valence-electron chi connectivity index (χ0n) is 8.01. The first kappa shape index (κ1) is 12.8. The molecule has 1 rings (SSSR count). The van der Waals surface area contributed by atoms with Crippen molar-refractivity contribution >= 4 is 22.9 Å². The summed E-state index contributed by atoms with van der Waals surface area (Å²) in [4.78, 5) is 1.12. The monoisotopic (exact) mass is 255 g/mol. The summed E-state index contributed by atoms with van der Waals surface area (Å²) in [6, 6.07) is 3.76. The van der Waals surface area contributed by atoms with Crippen LogP contribution in [-0.4, -0.2) is 26.2 Å². The molecule has 0 saturated carbocycles. The summed E-state index contributed by atoms with van der Waals surface area (Å²) in [6.07, 6.45) is -2.39. The van der Waals surface area contributed by atoms with Crippen LogP contribution in [0.15, 0.2) is 12.1 Å². The van der Waals surface area contributed by atoms with Crippen molar-refractivity contribution in [2.45, 2.75) is 13.0 Å². The molecule has 0 aliphatic heterocycles. The number of rotatable bonds is 7. The number of ether oxygens (including phenoxy) is 1. The molecule has 1 N–H and O–H groups in total. The van der Waals surface area contributed by atoms with Gasteiger partial charge in [-0.3, -0.25) is 0 Å². The molecule has 0 amide bonds. The molecular formula is C9H12ClF2NOS. The highest BCUT2D eigenvalue weighted by atomic mass is 35.5. The standard InChI is InChI=1S/C9H12ClF2NOS/c10-8-2-1-7(15-8)5-13-3-4-14-6-9(11)12/h1-2,9,13H,3-6H2. The normalized spacial score (nSPS) is 11.2. The highest BCUT2D eigenvalue weighted by Crippen LogP contribution is 2.20. The second-order valence-corrected chi connectivity index (χ2v) is 4.65. The SMILES string of the molecule is FC(F)COCCNCc1ccc(Cl)s1. The number of hydrogen-bond donors (Lipinski definition) is 1. The Morgan fingerprint density at radius 1 is 1.47 bits per heavy atom. The molecule has 86 valence electrons. The molecule has 2 nitrogen and oxygen atoms in total. The number of thiophene rings is 1. The Morgan fingerprint density at radius 2 is 2.27 bits per heavy atom. The van der Waals surface area contributed by atoms with Crippen LogP contribution in [0.2, 0.25) is 4.34 Å². The Bertz CT molecular complexity index is 283. The van der Waals surface area contributed by atoms with Gasteiger partial charge in [-0.05, 0) is 12.1 Å². The first-order chi connectivity index (χ1) is 7.18. The summed E-state index contributed by atoms with van der Waals surface area (Å²) < 4.78 is 28.8. The summed E-state index contributed by atoms with van der Waals surface area (Å²) in [5.41, 5.74) is 0. The molecule has 15 heavy (non-hydrogen) atoms. The average Bonchev–Trinajstić information content (AvgIpc) is 2.57. The van der Waals surface area contributed by atoms with Crippen molar-refractivity contribution in [3.8, 4) is 0 Å². The van der Waals surface area contributed by atoms with Gasteiger partial charge in [0.25, 0.3) is 6.43 Å². The van der Waals surface area contributed by atoms with Gasteiger partial charge in [-0.2, -0.15) is 0 Å². The first-order valence-electron chi connectivity index (χ1n) is 4.49. The van der Waals surface area contributed by atoms with Gasteiger partial charge in [0, 0.05) is 18.0 Å². The molecule has 0 fully saturated rings. The largest absolute Gasteiger partial charge is 0.374 e. The lowest BCUT2D eigenvalue weighted by Gasteiger charge is -2.04. The Labute approximate surface area is 96.2 Å². The van der Waals surface area contributed by atoms with Gasteiger partial charge in [-0.25, -0.2) is 8.78 Å². The topological polar surface area (TPSA) is 21.3 Å². The summed E-state index contributed by atoms with van der Waals surface area (Å²) >= 11 is 7.24. The van der Waals surface area contributed by atoms with Gasteiger partial charge in [0.05, 0.1) is 10.9 Å². The maximum Gasteiger partial charge on any atom is 0.261 e. The molecule has 0 spiro atoms. The molecule has 1 aromatic rings. The van der Waals surface area contributed by atoms with Crippen LogP contribution >= 0.6 is 22.9 Å². The molecule has 1 heterocycles. The highest BCUT2D eigenvalue weighted by molar-refractivity contribution is 7.16. The molecule has 0 aromatic carbocycles. The van der Waals surface area contributed by atoms with E-state index in [1.54, 1.807) is 0 Å². The zero-order valence-corrected chi connectivity index (χ0v) is 9.58. The van der Waals surface area contributed by atoms with E-state index < -0.39 is 13.0 Å². The molecule has 0 saturated heterocycles. The van der Waals surface area contributed by atoms with Crippen LogP contribution in [0.1, 0.15) is 4.88 Å².